The Labute approximate surface area is 200 Å². The Kier molecular flexibility index (Phi) is 7.01. The fourth-order valence-electron chi connectivity index (χ4n) is 4.80. The zero-order valence-corrected chi connectivity index (χ0v) is 19.8. The first-order chi connectivity index (χ1) is 16.3. The fraction of sp³-hybridized carbons (Fsp3) is 0.310. The van der Waals surface area contributed by atoms with Gasteiger partial charge >= 0.3 is 11.9 Å². The number of carbonyl (C=O) groups is 2. The van der Waals surface area contributed by atoms with Crippen LogP contribution in [0.1, 0.15) is 60.7 Å². The summed E-state index contributed by atoms with van der Waals surface area (Å²) >= 11 is 0. The molecule has 0 radical (unpaired) electrons. The summed E-state index contributed by atoms with van der Waals surface area (Å²) in [7, 11) is 0. The van der Waals surface area contributed by atoms with Crippen molar-refractivity contribution in [3.8, 4) is 17.2 Å². The van der Waals surface area contributed by atoms with E-state index >= 15 is 0 Å². The lowest BCUT2D eigenvalue weighted by molar-refractivity contribution is 0.0538. The highest BCUT2D eigenvalue weighted by Gasteiger charge is 2.33. The number of esters is 2. The van der Waals surface area contributed by atoms with E-state index in [4.69, 9.17) is 14.2 Å². The van der Waals surface area contributed by atoms with Crippen LogP contribution in [0.5, 0.6) is 17.2 Å². The van der Waals surface area contributed by atoms with Crippen molar-refractivity contribution in [1.82, 2.24) is 0 Å². The van der Waals surface area contributed by atoms with Crippen LogP contribution in [0.15, 0.2) is 78.9 Å². The van der Waals surface area contributed by atoms with Crippen LogP contribution in [0.2, 0.25) is 0 Å². The molecule has 5 heteroatoms. The molecular weight excluding hydrogens is 428 g/mol. The fourth-order valence-corrected chi connectivity index (χ4v) is 4.80. The minimum absolute atomic E-state index is 0.0286. The molecular formula is C29H30O5. The second-order valence-corrected chi connectivity index (χ2v) is 9.74. The number of carbonyl (C=O) groups excluding carboxylic acids is 2. The highest BCUT2D eigenvalue weighted by molar-refractivity contribution is 5.98. The van der Waals surface area contributed by atoms with Gasteiger partial charge in [0.1, 0.15) is 28.4 Å². The van der Waals surface area contributed by atoms with Crippen molar-refractivity contribution in [2.45, 2.75) is 46.1 Å². The molecule has 2 unspecified atom stereocenters. The first-order valence-electron chi connectivity index (χ1n) is 11.6. The Bertz CT molecular complexity index is 1150. The van der Waals surface area contributed by atoms with E-state index in [9.17, 15) is 9.59 Å². The molecule has 1 aliphatic rings. The molecule has 0 amide bonds. The molecule has 0 bridgehead atoms. The topological polar surface area (TPSA) is 61.8 Å². The normalized spacial score (nSPS) is 19.1. The molecule has 176 valence electrons. The van der Waals surface area contributed by atoms with E-state index in [1.807, 2.05) is 12.1 Å². The Morgan fingerprint density at radius 1 is 0.735 bits per heavy atom. The third-order valence-electron chi connectivity index (χ3n) is 6.01. The predicted molar refractivity (Wildman–Crippen MR) is 130 cm³/mol. The van der Waals surface area contributed by atoms with Crippen LogP contribution < -0.4 is 14.2 Å². The van der Waals surface area contributed by atoms with Gasteiger partial charge in [-0.3, -0.25) is 0 Å². The monoisotopic (exact) mass is 458 g/mol. The zero-order valence-electron chi connectivity index (χ0n) is 19.8. The van der Waals surface area contributed by atoms with Gasteiger partial charge in [0.25, 0.3) is 0 Å². The predicted octanol–water partition coefficient (Wildman–Crippen LogP) is 6.72. The standard InChI is InChI=1S/C29H30O5/c1-20-17-22(19-29(2,3)18-20)32-25-15-9-7-13-23(25)28(31)34-26-16-10-8-14-24(26)27(30)33-21-11-5-4-6-12-21/h4-16,20,22H,17-19H2,1-3H3. The van der Waals surface area contributed by atoms with E-state index in [0.29, 0.717) is 23.0 Å². The van der Waals surface area contributed by atoms with Crippen molar-refractivity contribution in [2.75, 3.05) is 0 Å². The van der Waals surface area contributed by atoms with E-state index in [1.54, 1.807) is 66.7 Å². The molecule has 34 heavy (non-hydrogen) atoms. The molecule has 1 fully saturated rings. The lowest BCUT2D eigenvalue weighted by Gasteiger charge is -2.39. The van der Waals surface area contributed by atoms with E-state index in [0.717, 1.165) is 19.3 Å². The van der Waals surface area contributed by atoms with Crippen LogP contribution in [-0.4, -0.2) is 18.0 Å². The van der Waals surface area contributed by atoms with Crippen molar-refractivity contribution >= 4 is 11.9 Å². The van der Waals surface area contributed by atoms with Gasteiger partial charge in [0.2, 0.25) is 0 Å². The van der Waals surface area contributed by atoms with Gasteiger partial charge in [-0.1, -0.05) is 63.2 Å². The van der Waals surface area contributed by atoms with Crippen molar-refractivity contribution in [3.63, 3.8) is 0 Å². The summed E-state index contributed by atoms with van der Waals surface area (Å²) in [5.74, 6) is 0.408. The van der Waals surface area contributed by atoms with Crippen molar-refractivity contribution in [3.05, 3.63) is 90.0 Å². The first kappa shape index (κ1) is 23.6. The van der Waals surface area contributed by atoms with E-state index in [-0.39, 0.29) is 22.8 Å². The molecule has 1 saturated carbocycles. The zero-order chi connectivity index (χ0) is 24.1. The molecule has 4 rings (SSSR count). The Balaban J connectivity index is 1.51. The van der Waals surface area contributed by atoms with Crippen molar-refractivity contribution in [2.24, 2.45) is 11.3 Å². The Morgan fingerprint density at radius 3 is 1.97 bits per heavy atom. The van der Waals surface area contributed by atoms with Crippen LogP contribution >= 0.6 is 0 Å². The molecule has 3 aromatic carbocycles. The second kappa shape index (κ2) is 10.1. The summed E-state index contributed by atoms with van der Waals surface area (Å²) in [4.78, 5) is 25.9. The lowest BCUT2D eigenvalue weighted by atomic mass is 9.71. The molecule has 0 heterocycles. The smallest absolute Gasteiger partial charge is 0.347 e. The first-order valence-corrected chi connectivity index (χ1v) is 11.6. The largest absolute Gasteiger partial charge is 0.489 e. The molecule has 0 aliphatic heterocycles. The van der Waals surface area contributed by atoms with Gasteiger partial charge in [0, 0.05) is 0 Å². The average molecular weight is 459 g/mol. The summed E-state index contributed by atoms with van der Waals surface area (Å²) in [6.07, 6.45) is 3.06. The number of para-hydroxylation sites is 3. The highest BCUT2D eigenvalue weighted by atomic mass is 16.6. The minimum atomic E-state index is -0.599. The molecule has 0 saturated heterocycles. The molecule has 2 atom stereocenters. The number of benzene rings is 3. The Morgan fingerprint density at radius 2 is 1.29 bits per heavy atom. The highest BCUT2D eigenvalue weighted by Crippen LogP contribution is 2.40. The maximum absolute atomic E-state index is 13.1. The maximum Gasteiger partial charge on any atom is 0.347 e. The molecule has 1 aliphatic carbocycles. The number of hydrogen-bond acceptors (Lipinski definition) is 5. The molecule has 5 nitrogen and oxygen atoms in total. The quantitative estimate of drug-likeness (QED) is 0.303. The van der Waals surface area contributed by atoms with Crippen LogP contribution in [-0.2, 0) is 0 Å². The molecule has 0 N–H and O–H groups in total. The van der Waals surface area contributed by atoms with Gasteiger partial charge < -0.3 is 14.2 Å². The number of rotatable bonds is 6. The van der Waals surface area contributed by atoms with Crippen LogP contribution in [0.3, 0.4) is 0 Å². The van der Waals surface area contributed by atoms with Gasteiger partial charge in [-0.05, 0) is 67.0 Å². The second-order valence-electron chi connectivity index (χ2n) is 9.74. The summed E-state index contributed by atoms with van der Waals surface area (Å²) < 4.78 is 17.4. The van der Waals surface area contributed by atoms with Crippen LogP contribution in [0, 0.1) is 11.3 Å². The summed E-state index contributed by atoms with van der Waals surface area (Å²) in [5, 5.41) is 0. The average Bonchev–Trinajstić information content (AvgIpc) is 2.79. The number of hydrogen-bond donors (Lipinski definition) is 0. The maximum atomic E-state index is 13.1. The third-order valence-corrected chi connectivity index (χ3v) is 6.01. The van der Waals surface area contributed by atoms with Gasteiger partial charge in [0.15, 0.2) is 0 Å². The minimum Gasteiger partial charge on any atom is -0.489 e. The lowest BCUT2D eigenvalue weighted by Crippen LogP contribution is -2.34. The summed E-state index contributed by atoms with van der Waals surface area (Å²) in [5.41, 5.74) is 0.682. The molecule has 0 aromatic heterocycles. The van der Waals surface area contributed by atoms with Crippen LogP contribution in [0.4, 0.5) is 0 Å². The van der Waals surface area contributed by atoms with E-state index < -0.39 is 11.9 Å². The van der Waals surface area contributed by atoms with Crippen molar-refractivity contribution in [1.29, 1.82) is 0 Å². The van der Waals surface area contributed by atoms with Gasteiger partial charge in [-0.25, -0.2) is 9.59 Å². The Hall–Kier alpha value is -3.60. The van der Waals surface area contributed by atoms with Crippen LogP contribution in [0.25, 0.3) is 0 Å². The number of ether oxygens (including phenoxy) is 3. The van der Waals surface area contributed by atoms with Crippen molar-refractivity contribution < 1.29 is 23.8 Å². The third kappa shape index (κ3) is 5.84. The summed E-state index contributed by atoms with van der Waals surface area (Å²) in [6.45, 7) is 6.75. The molecule has 3 aromatic rings. The van der Waals surface area contributed by atoms with Gasteiger partial charge in [-0.15, -0.1) is 0 Å². The van der Waals surface area contributed by atoms with Gasteiger partial charge in [0.05, 0.1) is 6.10 Å². The molecule has 0 spiro atoms. The van der Waals surface area contributed by atoms with E-state index in [1.165, 1.54) is 0 Å². The van der Waals surface area contributed by atoms with Gasteiger partial charge in [-0.2, -0.15) is 0 Å². The summed E-state index contributed by atoms with van der Waals surface area (Å²) in [6, 6.07) is 22.4. The SMILES string of the molecule is CC1CC(Oc2ccccc2C(=O)Oc2ccccc2C(=O)Oc2ccccc2)CC(C)(C)C1. The van der Waals surface area contributed by atoms with E-state index in [2.05, 4.69) is 20.8 Å².